The van der Waals surface area contributed by atoms with Gasteiger partial charge in [-0.25, -0.2) is 9.18 Å². The van der Waals surface area contributed by atoms with Crippen molar-refractivity contribution in [1.29, 1.82) is 5.26 Å². The highest BCUT2D eigenvalue weighted by Crippen LogP contribution is 2.09. The standard InChI is InChI=1S/C13H13FN2O2/c1-9(2)18-13(17)10(7-15)8-16-12-5-3-11(14)4-6-12/h3-6,8-9,16H,1-2H3. The summed E-state index contributed by atoms with van der Waals surface area (Å²) in [5.41, 5.74) is 0.425. The predicted octanol–water partition coefficient (Wildman–Crippen LogP) is 2.60. The Kier molecular flexibility index (Phi) is 4.88. The fraction of sp³-hybridized carbons (Fsp3) is 0.231. The number of esters is 1. The van der Waals surface area contributed by atoms with E-state index in [9.17, 15) is 9.18 Å². The van der Waals surface area contributed by atoms with Gasteiger partial charge in [0.25, 0.3) is 0 Å². The number of carbonyl (C=O) groups is 1. The second-order valence-corrected chi connectivity index (χ2v) is 3.78. The normalized spacial score (nSPS) is 10.9. The third-order valence-electron chi connectivity index (χ3n) is 1.91. The van der Waals surface area contributed by atoms with Crippen molar-refractivity contribution in [1.82, 2.24) is 0 Å². The summed E-state index contributed by atoms with van der Waals surface area (Å²) < 4.78 is 17.5. The van der Waals surface area contributed by atoms with Crippen LogP contribution in [0.2, 0.25) is 0 Å². The van der Waals surface area contributed by atoms with Gasteiger partial charge in [-0.1, -0.05) is 0 Å². The van der Waals surface area contributed by atoms with Crippen LogP contribution in [0.1, 0.15) is 13.8 Å². The summed E-state index contributed by atoms with van der Waals surface area (Å²) in [6.45, 7) is 3.39. The predicted molar refractivity (Wildman–Crippen MR) is 64.9 cm³/mol. The minimum Gasteiger partial charge on any atom is -0.459 e. The van der Waals surface area contributed by atoms with Crippen LogP contribution in [-0.2, 0) is 9.53 Å². The van der Waals surface area contributed by atoms with Crippen molar-refractivity contribution < 1.29 is 13.9 Å². The molecule has 0 radical (unpaired) electrons. The first kappa shape index (κ1) is 13.7. The Morgan fingerprint density at radius 2 is 2.06 bits per heavy atom. The Labute approximate surface area is 105 Å². The van der Waals surface area contributed by atoms with Gasteiger partial charge in [-0.3, -0.25) is 0 Å². The number of nitrogens with zero attached hydrogens (tertiary/aromatic N) is 1. The molecule has 1 N–H and O–H groups in total. The summed E-state index contributed by atoms with van der Waals surface area (Å²) in [7, 11) is 0. The number of nitriles is 1. The lowest BCUT2D eigenvalue weighted by atomic mass is 10.3. The molecule has 18 heavy (non-hydrogen) atoms. The number of rotatable bonds is 4. The van der Waals surface area contributed by atoms with Crippen molar-refractivity contribution in [3.63, 3.8) is 0 Å². The highest BCUT2D eigenvalue weighted by molar-refractivity contribution is 5.93. The van der Waals surface area contributed by atoms with Crippen LogP contribution in [0.5, 0.6) is 0 Å². The maximum Gasteiger partial charge on any atom is 0.350 e. The maximum absolute atomic E-state index is 12.7. The van der Waals surface area contributed by atoms with Crippen LogP contribution in [0.4, 0.5) is 10.1 Å². The third-order valence-corrected chi connectivity index (χ3v) is 1.91. The van der Waals surface area contributed by atoms with Gasteiger partial charge in [0.05, 0.1) is 6.10 Å². The summed E-state index contributed by atoms with van der Waals surface area (Å²) in [4.78, 5) is 11.4. The number of ether oxygens (including phenoxy) is 1. The van der Waals surface area contributed by atoms with Gasteiger partial charge in [-0.2, -0.15) is 5.26 Å². The van der Waals surface area contributed by atoms with Crippen molar-refractivity contribution in [3.8, 4) is 6.07 Å². The van der Waals surface area contributed by atoms with Crippen molar-refractivity contribution in [3.05, 3.63) is 41.9 Å². The first-order valence-electron chi connectivity index (χ1n) is 5.36. The van der Waals surface area contributed by atoms with E-state index in [0.717, 1.165) is 0 Å². The molecule has 0 unspecified atom stereocenters. The van der Waals surface area contributed by atoms with Gasteiger partial charge in [0.1, 0.15) is 11.9 Å². The SMILES string of the molecule is CC(C)OC(=O)C(C#N)=CNc1ccc(F)cc1. The molecule has 0 saturated carbocycles. The summed E-state index contributed by atoms with van der Waals surface area (Å²) in [5.74, 6) is -1.05. The first-order valence-corrected chi connectivity index (χ1v) is 5.36. The van der Waals surface area contributed by atoms with Crippen LogP contribution in [0, 0.1) is 17.1 Å². The molecular formula is C13H13FN2O2. The van der Waals surface area contributed by atoms with Crippen LogP contribution in [0.15, 0.2) is 36.0 Å². The fourth-order valence-corrected chi connectivity index (χ4v) is 1.12. The van der Waals surface area contributed by atoms with Crippen LogP contribution in [-0.4, -0.2) is 12.1 Å². The van der Waals surface area contributed by atoms with E-state index in [1.165, 1.54) is 30.5 Å². The summed E-state index contributed by atoms with van der Waals surface area (Å²) in [6.07, 6.45) is 0.942. The Morgan fingerprint density at radius 1 is 1.44 bits per heavy atom. The number of halogens is 1. The third kappa shape index (κ3) is 4.26. The molecule has 1 rings (SSSR count). The molecule has 0 atom stereocenters. The number of benzene rings is 1. The molecule has 94 valence electrons. The molecule has 0 heterocycles. The maximum atomic E-state index is 12.7. The summed E-state index contributed by atoms with van der Waals surface area (Å²) in [5, 5.41) is 11.5. The fourth-order valence-electron chi connectivity index (χ4n) is 1.12. The van der Waals surface area contributed by atoms with Crippen molar-refractivity contribution in [2.45, 2.75) is 20.0 Å². The average molecular weight is 248 g/mol. The van der Waals surface area contributed by atoms with Crippen LogP contribution in [0.25, 0.3) is 0 Å². The minimum atomic E-state index is -0.692. The molecule has 0 aliphatic rings. The second kappa shape index (κ2) is 6.40. The minimum absolute atomic E-state index is 0.145. The Hall–Kier alpha value is -2.35. The van der Waals surface area contributed by atoms with Gasteiger partial charge in [-0.15, -0.1) is 0 Å². The first-order chi connectivity index (χ1) is 8.52. The molecule has 4 nitrogen and oxygen atoms in total. The molecule has 1 aromatic carbocycles. The van der Waals surface area contributed by atoms with Crippen molar-refractivity contribution in [2.75, 3.05) is 5.32 Å². The van der Waals surface area contributed by atoms with Gasteiger partial charge in [0, 0.05) is 11.9 Å². The van der Waals surface area contributed by atoms with E-state index in [1.54, 1.807) is 19.9 Å². The molecule has 1 aromatic rings. The van der Waals surface area contributed by atoms with E-state index < -0.39 is 5.97 Å². The number of nitrogens with one attached hydrogen (secondary N) is 1. The Balaban J connectivity index is 2.72. The topological polar surface area (TPSA) is 62.1 Å². The monoisotopic (exact) mass is 248 g/mol. The molecule has 0 amide bonds. The molecular weight excluding hydrogens is 235 g/mol. The number of carbonyl (C=O) groups excluding carboxylic acids is 1. The lowest BCUT2D eigenvalue weighted by Crippen LogP contribution is -2.13. The van der Waals surface area contributed by atoms with Crippen LogP contribution >= 0.6 is 0 Å². The van der Waals surface area contributed by atoms with Gasteiger partial charge < -0.3 is 10.1 Å². The Bertz CT molecular complexity index is 487. The summed E-state index contributed by atoms with van der Waals surface area (Å²) >= 11 is 0. The molecule has 0 saturated heterocycles. The number of hydrogen-bond donors (Lipinski definition) is 1. The quantitative estimate of drug-likeness (QED) is 0.505. The highest BCUT2D eigenvalue weighted by Gasteiger charge is 2.11. The Morgan fingerprint density at radius 3 is 2.56 bits per heavy atom. The van der Waals surface area contributed by atoms with E-state index >= 15 is 0 Å². The largest absolute Gasteiger partial charge is 0.459 e. The number of anilines is 1. The molecule has 0 aliphatic carbocycles. The zero-order valence-corrected chi connectivity index (χ0v) is 10.1. The van der Waals surface area contributed by atoms with E-state index in [4.69, 9.17) is 10.00 Å². The smallest absolute Gasteiger partial charge is 0.350 e. The van der Waals surface area contributed by atoms with Gasteiger partial charge in [0.2, 0.25) is 0 Å². The van der Waals surface area contributed by atoms with Crippen LogP contribution < -0.4 is 5.32 Å². The lowest BCUT2D eigenvalue weighted by molar-refractivity contribution is -0.142. The van der Waals surface area contributed by atoms with E-state index in [1.807, 2.05) is 0 Å². The van der Waals surface area contributed by atoms with E-state index in [2.05, 4.69) is 5.32 Å². The van der Waals surface area contributed by atoms with Crippen molar-refractivity contribution in [2.24, 2.45) is 0 Å². The lowest BCUT2D eigenvalue weighted by Gasteiger charge is -2.07. The van der Waals surface area contributed by atoms with Gasteiger partial charge in [-0.05, 0) is 38.1 Å². The molecule has 5 heteroatoms. The van der Waals surface area contributed by atoms with Crippen LogP contribution in [0.3, 0.4) is 0 Å². The number of hydrogen-bond acceptors (Lipinski definition) is 4. The summed E-state index contributed by atoms with van der Waals surface area (Å²) in [6, 6.07) is 7.27. The van der Waals surface area contributed by atoms with Crippen molar-refractivity contribution >= 4 is 11.7 Å². The highest BCUT2D eigenvalue weighted by atomic mass is 19.1. The molecule has 0 aliphatic heterocycles. The zero-order valence-electron chi connectivity index (χ0n) is 10.1. The van der Waals surface area contributed by atoms with Gasteiger partial charge in [0.15, 0.2) is 5.57 Å². The zero-order chi connectivity index (χ0) is 13.5. The molecule has 0 fully saturated rings. The van der Waals surface area contributed by atoms with E-state index in [-0.39, 0.29) is 17.5 Å². The average Bonchev–Trinajstić information content (AvgIpc) is 2.31. The van der Waals surface area contributed by atoms with E-state index in [0.29, 0.717) is 5.69 Å². The molecule has 0 spiro atoms. The van der Waals surface area contributed by atoms with Gasteiger partial charge >= 0.3 is 5.97 Å². The molecule has 0 aromatic heterocycles. The molecule has 0 bridgehead atoms. The second-order valence-electron chi connectivity index (χ2n) is 3.78.